The summed E-state index contributed by atoms with van der Waals surface area (Å²) >= 11 is 0. The minimum Gasteiger partial charge on any atom is -0.394 e. The van der Waals surface area contributed by atoms with E-state index in [1.165, 1.54) is 186 Å². The molecule has 0 aromatic rings. The molecule has 1 aliphatic heterocycles. The van der Waals surface area contributed by atoms with Gasteiger partial charge >= 0.3 is 0 Å². The van der Waals surface area contributed by atoms with Crippen molar-refractivity contribution in [2.45, 2.75) is 294 Å². The number of aliphatic hydroxyl groups excluding tert-OH is 5. The van der Waals surface area contributed by atoms with Crippen molar-refractivity contribution in [2.75, 3.05) is 13.2 Å². The monoisotopic (exact) mass is 828 g/mol. The molecule has 1 aliphatic rings. The first-order valence-electron chi connectivity index (χ1n) is 25.2. The minimum absolute atomic E-state index is 0.131. The van der Waals surface area contributed by atoms with Crippen LogP contribution in [0.2, 0.25) is 0 Å². The predicted octanol–water partition coefficient (Wildman–Crippen LogP) is 11.1. The number of unbranched alkanes of at least 4 members (excludes halogenated alkanes) is 33. The van der Waals surface area contributed by atoms with E-state index >= 15 is 0 Å². The van der Waals surface area contributed by atoms with Crippen molar-refractivity contribution in [3.8, 4) is 0 Å². The van der Waals surface area contributed by atoms with Gasteiger partial charge in [-0.15, -0.1) is 0 Å². The van der Waals surface area contributed by atoms with Crippen LogP contribution in [-0.4, -0.2) is 87.5 Å². The number of carbonyl (C=O) groups excluding carboxylic acids is 1. The van der Waals surface area contributed by atoms with E-state index in [1.807, 2.05) is 0 Å². The summed E-state index contributed by atoms with van der Waals surface area (Å²) in [6.07, 6.45) is 38.3. The Kier molecular flexibility index (Phi) is 38.3. The Labute approximate surface area is 357 Å². The Balaban J connectivity index is 2.24. The lowest BCUT2D eigenvalue weighted by atomic mass is 9.99. The third-order valence-electron chi connectivity index (χ3n) is 12.5. The second-order valence-corrected chi connectivity index (χ2v) is 18.0. The molecule has 0 radical (unpaired) electrons. The van der Waals surface area contributed by atoms with Crippen LogP contribution in [-0.2, 0) is 14.3 Å². The molecule has 2 unspecified atom stereocenters. The Hall–Kier alpha value is -0.810. The van der Waals surface area contributed by atoms with Crippen LogP contribution in [0.3, 0.4) is 0 Å². The van der Waals surface area contributed by atoms with Crippen LogP contribution < -0.4 is 5.32 Å². The van der Waals surface area contributed by atoms with Gasteiger partial charge in [0.2, 0.25) is 5.91 Å². The molecule has 0 saturated carbocycles. The van der Waals surface area contributed by atoms with Gasteiger partial charge in [-0.2, -0.15) is 0 Å². The molecule has 1 amide bonds. The second-order valence-electron chi connectivity index (χ2n) is 18.0. The lowest BCUT2D eigenvalue weighted by molar-refractivity contribution is -0.302. The zero-order chi connectivity index (χ0) is 42.3. The van der Waals surface area contributed by atoms with Gasteiger partial charge in [0.15, 0.2) is 6.29 Å². The Morgan fingerprint density at radius 3 is 1.22 bits per heavy atom. The molecule has 9 nitrogen and oxygen atoms in total. The SMILES string of the molecule is CCCCCCCCCCCCCCCCCCCCCCCC(=O)N[C@@H](CO[C@@H]1O[C@H](CO)[C@H](O)C(O)C1O)[C@H](O)CCCCCCCCCCCCCCCC. The second kappa shape index (κ2) is 40.3. The van der Waals surface area contributed by atoms with Crippen LogP contribution in [0.15, 0.2) is 0 Å². The molecule has 1 rings (SSSR count). The van der Waals surface area contributed by atoms with Gasteiger partial charge < -0.3 is 40.3 Å². The highest BCUT2D eigenvalue weighted by molar-refractivity contribution is 5.76. The molecule has 7 atom stereocenters. The topological polar surface area (TPSA) is 149 Å². The van der Waals surface area contributed by atoms with Crippen LogP contribution in [0.1, 0.15) is 251 Å². The largest absolute Gasteiger partial charge is 0.394 e. The molecule has 0 spiro atoms. The average Bonchev–Trinajstić information content (AvgIpc) is 3.22. The van der Waals surface area contributed by atoms with Crippen molar-refractivity contribution in [3.63, 3.8) is 0 Å². The molecule has 0 aliphatic carbocycles. The number of hydrogen-bond donors (Lipinski definition) is 6. The Morgan fingerprint density at radius 2 is 0.862 bits per heavy atom. The summed E-state index contributed by atoms with van der Waals surface area (Å²) in [5.74, 6) is -0.139. The summed E-state index contributed by atoms with van der Waals surface area (Å²) in [6, 6.07) is -0.711. The number of aliphatic hydroxyl groups is 5. The minimum atomic E-state index is -1.55. The third-order valence-corrected chi connectivity index (χ3v) is 12.5. The molecule has 0 aromatic carbocycles. The number of amides is 1. The van der Waals surface area contributed by atoms with Gasteiger partial charge in [-0.3, -0.25) is 4.79 Å². The van der Waals surface area contributed by atoms with Gasteiger partial charge in [0.25, 0.3) is 0 Å². The quantitative estimate of drug-likeness (QED) is 0.0333. The summed E-state index contributed by atoms with van der Waals surface area (Å²) in [5.41, 5.74) is 0. The van der Waals surface area contributed by atoms with Gasteiger partial charge in [0.05, 0.1) is 25.4 Å². The van der Waals surface area contributed by atoms with Crippen LogP contribution in [0.4, 0.5) is 0 Å². The van der Waals surface area contributed by atoms with Crippen LogP contribution in [0.5, 0.6) is 0 Å². The average molecular weight is 828 g/mol. The molecule has 1 saturated heterocycles. The zero-order valence-corrected chi connectivity index (χ0v) is 38.1. The van der Waals surface area contributed by atoms with Gasteiger partial charge in [0, 0.05) is 6.42 Å². The van der Waals surface area contributed by atoms with Gasteiger partial charge in [-0.05, 0) is 12.8 Å². The fraction of sp³-hybridized carbons (Fsp3) is 0.980. The highest BCUT2D eigenvalue weighted by Crippen LogP contribution is 2.23. The maximum atomic E-state index is 13.0. The van der Waals surface area contributed by atoms with E-state index in [4.69, 9.17) is 9.47 Å². The maximum absolute atomic E-state index is 13.0. The van der Waals surface area contributed by atoms with Crippen molar-refractivity contribution < 1.29 is 39.8 Å². The van der Waals surface area contributed by atoms with Gasteiger partial charge in [-0.25, -0.2) is 0 Å². The van der Waals surface area contributed by atoms with Crippen molar-refractivity contribution >= 4 is 5.91 Å². The summed E-state index contributed by atoms with van der Waals surface area (Å²) in [7, 11) is 0. The lowest BCUT2D eigenvalue weighted by Gasteiger charge is -2.40. The Morgan fingerprint density at radius 1 is 0.517 bits per heavy atom. The van der Waals surface area contributed by atoms with Crippen molar-refractivity contribution in [3.05, 3.63) is 0 Å². The first kappa shape index (κ1) is 55.2. The molecule has 1 heterocycles. The van der Waals surface area contributed by atoms with Crippen LogP contribution in [0, 0.1) is 0 Å². The van der Waals surface area contributed by atoms with Crippen LogP contribution in [0.25, 0.3) is 0 Å². The zero-order valence-electron chi connectivity index (χ0n) is 38.1. The van der Waals surface area contributed by atoms with E-state index in [0.717, 1.165) is 38.5 Å². The summed E-state index contributed by atoms with van der Waals surface area (Å²) in [4.78, 5) is 13.0. The number of carbonyl (C=O) groups is 1. The molecular formula is C49H97NO8. The molecular weight excluding hydrogens is 731 g/mol. The van der Waals surface area contributed by atoms with E-state index in [0.29, 0.717) is 12.8 Å². The highest BCUT2D eigenvalue weighted by Gasteiger charge is 2.44. The third kappa shape index (κ3) is 30.3. The Bertz CT molecular complexity index is 878. The first-order valence-corrected chi connectivity index (χ1v) is 25.2. The van der Waals surface area contributed by atoms with Crippen molar-refractivity contribution in [2.24, 2.45) is 0 Å². The molecule has 0 aromatic heterocycles. The molecule has 346 valence electrons. The molecule has 58 heavy (non-hydrogen) atoms. The normalized spacial score (nSPS) is 20.7. The molecule has 6 N–H and O–H groups in total. The van der Waals surface area contributed by atoms with Crippen molar-refractivity contribution in [1.29, 1.82) is 0 Å². The van der Waals surface area contributed by atoms with E-state index in [9.17, 15) is 30.3 Å². The summed E-state index contributed by atoms with van der Waals surface area (Å²) in [5, 5.41) is 54.4. The number of hydrogen-bond acceptors (Lipinski definition) is 8. The highest BCUT2D eigenvalue weighted by atomic mass is 16.7. The standard InChI is InChI=1S/C49H97NO8/c1-3-5-7-9-11-13-15-17-19-20-21-22-23-24-25-27-29-31-33-35-37-39-45(53)50-42(41-57-49-48(56)47(55)46(54)44(40-51)58-49)43(52)38-36-34-32-30-28-26-18-16-14-12-10-8-6-4-2/h42-44,46-49,51-52,54-56H,3-41H2,1-2H3,(H,50,53)/t42-,43+,44+,46-,47?,48?,49+/m0/s1. The van der Waals surface area contributed by atoms with Gasteiger partial charge in [-0.1, -0.05) is 232 Å². The predicted molar refractivity (Wildman–Crippen MR) is 240 cm³/mol. The summed E-state index contributed by atoms with van der Waals surface area (Å²) in [6.45, 7) is 3.86. The lowest BCUT2D eigenvalue weighted by Crippen LogP contribution is -2.60. The molecule has 0 bridgehead atoms. The number of ether oxygens (including phenoxy) is 2. The van der Waals surface area contributed by atoms with E-state index < -0.39 is 49.5 Å². The summed E-state index contributed by atoms with van der Waals surface area (Å²) < 4.78 is 11.3. The molecule has 9 heteroatoms. The smallest absolute Gasteiger partial charge is 0.220 e. The molecule has 1 fully saturated rings. The first-order chi connectivity index (χ1) is 28.3. The van der Waals surface area contributed by atoms with Crippen LogP contribution >= 0.6 is 0 Å². The van der Waals surface area contributed by atoms with Crippen molar-refractivity contribution in [1.82, 2.24) is 5.32 Å². The maximum Gasteiger partial charge on any atom is 0.220 e. The fourth-order valence-corrected chi connectivity index (χ4v) is 8.40. The van der Waals surface area contributed by atoms with E-state index in [-0.39, 0.29) is 12.5 Å². The fourth-order valence-electron chi connectivity index (χ4n) is 8.40. The number of rotatable bonds is 43. The van der Waals surface area contributed by atoms with Gasteiger partial charge in [0.1, 0.15) is 24.4 Å². The van der Waals surface area contributed by atoms with E-state index in [2.05, 4.69) is 19.2 Å². The number of nitrogens with one attached hydrogen (secondary N) is 1. The van der Waals surface area contributed by atoms with E-state index in [1.54, 1.807) is 0 Å².